The van der Waals surface area contributed by atoms with Gasteiger partial charge < -0.3 is 15.2 Å². The largest absolute Gasteiger partial charge is 0.394 e. The number of hydrogen-bond donors (Lipinski definition) is 3. The lowest BCUT2D eigenvalue weighted by molar-refractivity contribution is 0.0708. The number of nitrogens with one attached hydrogen (secondary N) is 1. The van der Waals surface area contributed by atoms with Crippen molar-refractivity contribution in [1.29, 1.82) is 0 Å². The van der Waals surface area contributed by atoms with Crippen molar-refractivity contribution < 1.29 is 14.6 Å². The molecule has 0 aliphatic rings. The molecule has 0 saturated carbocycles. The number of hydrogen-bond acceptors (Lipinski definition) is 4. The monoisotopic (exact) mass is 355 g/mol. The van der Waals surface area contributed by atoms with Crippen molar-refractivity contribution in [3.63, 3.8) is 0 Å². The SMILES string of the molecule is CC(C)(CC(O)CO)c1nc(-c2ccc(F)cc2)c(-c2ccncc2)[nH]1. The van der Waals surface area contributed by atoms with Crippen molar-refractivity contribution in [2.24, 2.45) is 0 Å². The molecule has 3 N–H and O–H groups in total. The Morgan fingerprint density at radius 2 is 1.73 bits per heavy atom. The van der Waals surface area contributed by atoms with Gasteiger partial charge in [-0.15, -0.1) is 0 Å². The van der Waals surface area contributed by atoms with Gasteiger partial charge in [0, 0.05) is 28.9 Å². The maximum absolute atomic E-state index is 13.3. The number of pyridine rings is 1. The summed E-state index contributed by atoms with van der Waals surface area (Å²) in [6.45, 7) is 3.61. The van der Waals surface area contributed by atoms with Gasteiger partial charge in [-0.05, 0) is 42.8 Å². The fourth-order valence-electron chi connectivity index (χ4n) is 2.99. The molecule has 0 aliphatic carbocycles. The first-order chi connectivity index (χ1) is 12.4. The lowest BCUT2D eigenvalue weighted by Crippen LogP contribution is -2.28. The predicted octanol–water partition coefficient (Wildman–Crippen LogP) is 3.30. The van der Waals surface area contributed by atoms with Crippen molar-refractivity contribution in [1.82, 2.24) is 15.0 Å². The van der Waals surface area contributed by atoms with E-state index in [-0.39, 0.29) is 12.4 Å². The van der Waals surface area contributed by atoms with Gasteiger partial charge in [-0.2, -0.15) is 0 Å². The molecule has 1 aromatic carbocycles. The fraction of sp³-hybridized carbons (Fsp3) is 0.300. The van der Waals surface area contributed by atoms with Crippen LogP contribution in [0.2, 0.25) is 0 Å². The van der Waals surface area contributed by atoms with Crippen LogP contribution >= 0.6 is 0 Å². The van der Waals surface area contributed by atoms with E-state index < -0.39 is 11.5 Å². The van der Waals surface area contributed by atoms with Gasteiger partial charge in [0.2, 0.25) is 0 Å². The summed E-state index contributed by atoms with van der Waals surface area (Å²) >= 11 is 0. The number of nitrogens with zero attached hydrogens (tertiary/aromatic N) is 2. The molecule has 0 amide bonds. The van der Waals surface area contributed by atoms with E-state index in [4.69, 9.17) is 10.1 Å². The predicted molar refractivity (Wildman–Crippen MR) is 97.9 cm³/mol. The number of H-pyrrole nitrogens is 1. The zero-order valence-corrected chi connectivity index (χ0v) is 14.8. The van der Waals surface area contributed by atoms with Crippen LogP contribution in [0.15, 0.2) is 48.8 Å². The molecular formula is C20H22FN3O2. The third-order valence-electron chi connectivity index (χ3n) is 4.39. The maximum atomic E-state index is 13.3. The molecule has 0 radical (unpaired) electrons. The van der Waals surface area contributed by atoms with E-state index >= 15 is 0 Å². The molecule has 1 atom stereocenters. The van der Waals surface area contributed by atoms with Gasteiger partial charge in [0.25, 0.3) is 0 Å². The smallest absolute Gasteiger partial charge is 0.123 e. The quantitative estimate of drug-likeness (QED) is 0.634. The molecule has 3 aromatic rings. The van der Waals surface area contributed by atoms with Crippen molar-refractivity contribution in [2.75, 3.05) is 6.61 Å². The molecule has 0 saturated heterocycles. The molecule has 2 heterocycles. The molecule has 26 heavy (non-hydrogen) atoms. The highest BCUT2D eigenvalue weighted by Crippen LogP contribution is 2.35. The van der Waals surface area contributed by atoms with Crippen molar-refractivity contribution >= 4 is 0 Å². The standard InChI is InChI=1S/C20H22FN3O2/c1-20(2,11-16(26)12-25)19-23-17(13-3-5-15(21)6-4-13)18(24-19)14-7-9-22-10-8-14/h3-10,16,25-26H,11-12H2,1-2H3,(H,23,24). The van der Waals surface area contributed by atoms with Gasteiger partial charge in [-0.1, -0.05) is 13.8 Å². The summed E-state index contributed by atoms with van der Waals surface area (Å²) in [4.78, 5) is 12.2. The van der Waals surface area contributed by atoms with Crippen LogP contribution < -0.4 is 0 Å². The molecule has 0 aliphatic heterocycles. The molecule has 6 heteroatoms. The molecule has 0 bridgehead atoms. The number of benzene rings is 1. The van der Waals surface area contributed by atoms with Gasteiger partial charge in [0.05, 0.1) is 24.1 Å². The zero-order valence-electron chi connectivity index (χ0n) is 14.8. The Kier molecular flexibility index (Phi) is 5.15. The summed E-state index contributed by atoms with van der Waals surface area (Å²) in [5.41, 5.74) is 2.73. The van der Waals surface area contributed by atoms with Crippen LogP contribution in [0.25, 0.3) is 22.5 Å². The summed E-state index contributed by atoms with van der Waals surface area (Å²) in [7, 11) is 0. The molecule has 136 valence electrons. The van der Waals surface area contributed by atoms with E-state index in [1.165, 1.54) is 12.1 Å². The lowest BCUT2D eigenvalue weighted by Gasteiger charge is -2.24. The normalized spacial score (nSPS) is 13.0. The fourth-order valence-corrected chi connectivity index (χ4v) is 2.99. The van der Waals surface area contributed by atoms with Gasteiger partial charge in [0.1, 0.15) is 11.6 Å². The minimum Gasteiger partial charge on any atom is -0.394 e. The highest BCUT2D eigenvalue weighted by atomic mass is 19.1. The van der Waals surface area contributed by atoms with Crippen molar-refractivity contribution in [2.45, 2.75) is 31.8 Å². The number of aromatic nitrogens is 3. The van der Waals surface area contributed by atoms with Crippen molar-refractivity contribution in [3.05, 3.63) is 60.4 Å². The van der Waals surface area contributed by atoms with Crippen LogP contribution in [0.4, 0.5) is 4.39 Å². The van der Waals surface area contributed by atoms with Crippen LogP contribution in [0.5, 0.6) is 0 Å². The Hall–Kier alpha value is -2.57. The van der Waals surface area contributed by atoms with E-state index in [0.29, 0.717) is 17.9 Å². The highest BCUT2D eigenvalue weighted by Gasteiger charge is 2.29. The number of aromatic amines is 1. The van der Waals surface area contributed by atoms with E-state index in [0.717, 1.165) is 16.8 Å². The Labute approximate surface area is 151 Å². The molecular weight excluding hydrogens is 333 g/mol. The minimum atomic E-state index is -0.825. The third kappa shape index (κ3) is 3.81. The average Bonchev–Trinajstić information content (AvgIpc) is 3.09. The minimum absolute atomic E-state index is 0.299. The molecule has 3 rings (SSSR count). The van der Waals surface area contributed by atoms with E-state index in [1.807, 2.05) is 26.0 Å². The van der Waals surface area contributed by atoms with Crippen LogP contribution in [0, 0.1) is 5.82 Å². The van der Waals surface area contributed by atoms with Crippen LogP contribution in [0.1, 0.15) is 26.1 Å². The summed E-state index contributed by atoms with van der Waals surface area (Å²) < 4.78 is 13.3. The highest BCUT2D eigenvalue weighted by molar-refractivity contribution is 5.78. The van der Waals surface area contributed by atoms with E-state index in [9.17, 15) is 9.50 Å². The Balaban J connectivity index is 2.10. The van der Waals surface area contributed by atoms with Crippen LogP contribution in [-0.4, -0.2) is 37.9 Å². The molecule has 2 aromatic heterocycles. The second-order valence-electron chi connectivity index (χ2n) is 6.98. The second kappa shape index (κ2) is 7.35. The number of rotatable bonds is 6. The molecule has 5 nitrogen and oxygen atoms in total. The van der Waals surface area contributed by atoms with Crippen LogP contribution in [-0.2, 0) is 5.41 Å². The molecule has 0 fully saturated rings. The lowest BCUT2D eigenvalue weighted by atomic mass is 9.86. The summed E-state index contributed by atoms with van der Waals surface area (Å²) in [5.74, 6) is 0.387. The van der Waals surface area contributed by atoms with Gasteiger partial charge in [-0.3, -0.25) is 4.98 Å². The van der Waals surface area contributed by atoms with E-state index in [1.54, 1.807) is 24.5 Å². The van der Waals surface area contributed by atoms with Gasteiger partial charge >= 0.3 is 0 Å². The topological polar surface area (TPSA) is 82.0 Å². The Bertz CT molecular complexity index is 861. The first kappa shape index (κ1) is 18.2. The Morgan fingerprint density at radius 3 is 2.35 bits per heavy atom. The Morgan fingerprint density at radius 1 is 1.08 bits per heavy atom. The maximum Gasteiger partial charge on any atom is 0.123 e. The third-order valence-corrected chi connectivity index (χ3v) is 4.39. The molecule has 0 spiro atoms. The first-order valence-electron chi connectivity index (χ1n) is 8.46. The number of imidazole rings is 1. The van der Waals surface area contributed by atoms with Crippen LogP contribution in [0.3, 0.4) is 0 Å². The summed E-state index contributed by atoms with van der Waals surface area (Å²) in [6.07, 6.45) is 2.93. The van der Waals surface area contributed by atoms with E-state index in [2.05, 4.69) is 9.97 Å². The summed E-state index contributed by atoms with van der Waals surface area (Å²) in [5, 5.41) is 19.0. The number of halogens is 1. The summed E-state index contributed by atoms with van der Waals surface area (Å²) in [6, 6.07) is 9.94. The average molecular weight is 355 g/mol. The van der Waals surface area contributed by atoms with Gasteiger partial charge in [-0.25, -0.2) is 9.37 Å². The number of aliphatic hydroxyl groups excluding tert-OH is 2. The first-order valence-corrected chi connectivity index (χ1v) is 8.46. The molecule has 1 unspecified atom stereocenters. The zero-order chi connectivity index (χ0) is 18.7. The number of aliphatic hydroxyl groups is 2. The van der Waals surface area contributed by atoms with Crippen molar-refractivity contribution in [3.8, 4) is 22.5 Å². The van der Waals surface area contributed by atoms with Gasteiger partial charge in [0.15, 0.2) is 0 Å². The second-order valence-corrected chi connectivity index (χ2v) is 6.98.